The number of carbonyl (C=O) groups is 1. The molecule has 1 rings (SSSR count). The molecule has 7 heteroatoms. The molecule has 1 unspecified atom stereocenters. The second kappa shape index (κ2) is 7.04. The number of hydrogen-bond donors (Lipinski definition) is 1. The molecular weight excluding hydrogens is 259 g/mol. The topological polar surface area (TPSA) is 80.5 Å². The van der Waals surface area contributed by atoms with E-state index < -0.39 is 15.5 Å². The summed E-state index contributed by atoms with van der Waals surface area (Å²) >= 11 is 0. The molecule has 1 amide bonds. The smallest absolute Gasteiger partial charge is 0.307 e. The Labute approximate surface area is 108 Å². The lowest BCUT2D eigenvalue weighted by molar-refractivity contribution is -0.127. The van der Waals surface area contributed by atoms with Gasteiger partial charge < -0.3 is 10.6 Å². The Hall–Kier alpha value is -0.690. The molecule has 1 atom stereocenters. The van der Waals surface area contributed by atoms with Gasteiger partial charge in [0.2, 0.25) is 5.91 Å². The van der Waals surface area contributed by atoms with E-state index in [0.717, 1.165) is 32.1 Å². The molecule has 0 aromatic heterocycles. The average molecular weight is 280 g/mol. The number of nitrogens with zero attached hydrogens (tertiary/aromatic N) is 1. The predicted octanol–water partition coefficient (Wildman–Crippen LogP) is 0.796. The lowest BCUT2D eigenvalue weighted by Crippen LogP contribution is -2.28. The lowest BCUT2D eigenvalue weighted by Gasteiger charge is -2.15. The molecular formula is C11H21FN2O3S. The number of nitrogens with two attached hydrogens (primary N) is 1. The molecule has 2 N–H and O–H groups in total. The average Bonchev–Trinajstić information content (AvgIpc) is 2.65. The monoisotopic (exact) mass is 280 g/mol. The van der Waals surface area contributed by atoms with Gasteiger partial charge in [0.05, 0.1) is 0 Å². The molecule has 0 bridgehead atoms. The third-order valence-corrected chi connectivity index (χ3v) is 4.32. The zero-order chi connectivity index (χ0) is 13.6. The van der Waals surface area contributed by atoms with Crippen LogP contribution in [0.5, 0.6) is 0 Å². The van der Waals surface area contributed by atoms with Crippen LogP contribution in [0, 0.1) is 0 Å². The van der Waals surface area contributed by atoms with Crippen LogP contribution < -0.4 is 5.73 Å². The molecule has 0 aromatic rings. The fourth-order valence-corrected chi connectivity index (χ4v) is 2.82. The van der Waals surface area contributed by atoms with E-state index in [2.05, 4.69) is 0 Å². The molecule has 1 aliphatic heterocycles. The summed E-state index contributed by atoms with van der Waals surface area (Å²) in [4.78, 5) is 12.9. The van der Waals surface area contributed by atoms with Crippen LogP contribution in [0.1, 0.15) is 38.5 Å². The highest BCUT2D eigenvalue weighted by molar-refractivity contribution is 7.87. The minimum Gasteiger partial charge on any atom is -0.341 e. The third-order valence-electron chi connectivity index (χ3n) is 3.21. The maximum atomic E-state index is 12.7. The van der Waals surface area contributed by atoms with Gasteiger partial charge in [-0.25, -0.2) is 0 Å². The zero-order valence-electron chi connectivity index (χ0n) is 10.5. The van der Waals surface area contributed by atoms with E-state index in [1.54, 1.807) is 0 Å². The van der Waals surface area contributed by atoms with Crippen molar-refractivity contribution in [2.75, 3.05) is 19.6 Å². The van der Waals surface area contributed by atoms with Crippen LogP contribution in [0.15, 0.2) is 0 Å². The largest absolute Gasteiger partial charge is 0.341 e. The van der Waals surface area contributed by atoms with Crippen LogP contribution >= 0.6 is 0 Å². The van der Waals surface area contributed by atoms with Crippen molar-refractivity contribution in [3.05, 3.63) is 0 Å². The Balaban J connectivity index is 2.22. The second-order valence-electron chi connectivity index (χ2n) is 4.70. The molecule has 0 saturated carbocycles. The van der Waals surface area contributed by atoms with Gasteiger partial charge in [-0.15, -0.1) is 3.89 Å². The van der Waals surface area contributed by atoms with E-state index in [1.807, 2.05) is 0 Å². The molecule has 1 aliphatic rings. The summed E-state index contributed by atoms with van der Waals surface area (Å²) in [5, 5.41) is -1.16. The standard InChI is InChI=1S/C11H21FN2O3S/c12-18(16,17)10-8-11(15)14(9-10)7-5-3-1-2-4-6-13/h10H,1-9,13H2. The van der Waals surface area contributed by atoms with Crippen molar-refractivity contribution in [1.82, 2.24) is 4.90 Å². The number of amides is 1. The number of unbranched alkanes of at least 4 members (excludes halogenated alkanes) is 4. The van der Waals surface area contributed by atoms with Gasteiger partial charge in [-0.1, -0.05) is 19.3 Å². The van der Waals surface area contributed by atoms with Gasteiger partial charge >= 0.3 is 10.2 Å². The van der Waals surface area contributed by atoms with Crippen molar-refractivity contribution >= 4 is 16.1 Å². The minimum absolute atomic E-state index is 0.000463. The van der Waals surface area contributed by atoms with E-state index in [-0.39, 0.29) is 18.9 Å². The maximum Gasteiger partial charge on any atom is 0.307 e. The van der Waals surface area contributed by atoms with Crippen molar-refractivity contribution in [2.45, 2.75) is 43.8 Å². The summed E-state index contributed by atoms with van der Waals surface area (Å²) in [5.74, 6) is -0.261. The van der Waals surface area contributed by atoms with Gasteiger partial charge in [0.15, 0.2) is 0 Å². The fraction of sp³-hybridized carbons (Fsp3) is 0.909. The Kier molecular flexibility index (Phi) is 6.01. The number of hydrogen-bond acceptors (Lipinski definition) is 4. The molecule has 5 nitrogen and oxygen atoms in total. The highest BCUT2D eigenvalue weighted by Crippen LogP contribution is 2.20. The Morgan fingerprint density at radius 1 is 1.22 bits per heavy atom. The summed E-state index contributed by atoms with van der Waals surface area (Å²) in [6, 6.07) is 0. The fourth-order valence-electron chi connectivity index (χ4n) is 2.12. The van der Waals surface area contributed by atoms with E-state index in [4.69, 9.17) is 5.73 Å². The Morgan fingerprint density at radius 3 is 2.39 bits per heavy atom. The van der Waals surface area contributed by atoms with Gasteiger partial charge in [-0.05, 0) is 19.4 Å². The first kappa shape index (κ1) is 15.4. The van der Waals surface area contributed by atoms with Crippen molar-refractivity contribution in [3.63, 3.8) is 0 Å². The predicted molar refractivity (Wildman–Crippen MR) is 67.2 cm³/mol. The molecule has 1 saturated heterocycles. The molecule has 1 heterocycles. The highest BCUT2D eigenvalue weighted by atomic mass is 32.3. The van der Waals surface area contributed by atoms with E-state index >= 15 is 0 Å². The van der Waals surface area contributed by atoms with Gasteiger partial charge in [-0.3, -0.25) is 4.79 Å². The van der Waals surface area contributed by atoms with Crippen molar-refractivity contribution in [1.29, 1.82) is 0 Å². The first-order chi connectivity index (χ1) is 8.45. The normalized spacial score (nSPS) is 20.7. The molecule has 0 spiro atoms. The molecule has 0 aliphatic carbocycles. The summed E-state index contributed by atoms with van der Waals surface area (Å²) in [7, 11) is -4.59. The van der Waals surface area contributed by atoms with E-state index in [1.165, 1.54) is 4.90 Å². The first-order valence-electron chi connectivity index (χ1n) is 6.36. The lowest BCUT2D eigenvalue weighted by atomic mass is 10.1. The van der Waals surface area contributed by atoms with Crippen LogP contribution in [0.2, 0.25) is 0 Å². The van der Waals surface area contributed by atoms with E-state index in [9.17, 15) is 17.1 Å². The van der Waals surface area contributed by atoms with Crippen LogP contribution in [0.4, 0.5) is 3.89 Å². The van der Waals surface area contributed by atoms with Crippen molar-refractivity contribution in [2.24, 2.45) is 5.73 Å². The molecule has 0 aromatic carbocycles. The number of halogens is 1. The van der Waals surface area contributed by atoms with Crippen LogP contribution in [0.3, 0.4) is 0 Å². The van der Waals surface area contributed by atoms with Gasteiger partial charge in [0, 0.05) is 19.5 Å². The van der Waals surface area contributed by atoms with Crippen LogP contribution in [-0.2, 0) is 15.0 Å². The zero-order valence-corrected chi connectivity index (χ0v) is 11.3. The van der Waals surface area contributed by atoms with Gasteiger partial charge in [0.25, 0.3) is 0 Å². The van der Waals surface area contributed by atoms with Crippen molar-refractivity contribution < 1.29 is 17.1 Å². The SMILES string of the molecule is NCCCCCCCN1CC(S(=O)(=O)F)CC1=O. The molecule has 106 valence electrons. The van der Waals surface area contributed by atoms with Crippen LogP contribution in [-0.4, -0.2) is 44.1 Å². The van der Waals surface area contributed by atoms with E-state index in [0.29, 0.717) is 13.1 Å². The summed E-state index contributed by atoms with van der Waals surface area (Å²) in [6.45, 7) is 1.22. The molecule has 0 radical (unpaired) electrons. The highest BCUT2D eigenvalue weighted by Gasteiger charge is 2.37. The second-order valence-corrected chi connectivity index (χ2v) is 6.32. The Bertz CT molecular complexity index is 372. The maximum absolute atomic E-state index is 12.7. The summed E-state index contributed by atoms with van der Waals surface area (Å²) in [5.41, 5.74) is 5.37. The summed E-state index contributed by atoms with van der Waals surface area (Å²) in [6.07, 6.45) is 4.74. The van der Waals surface area contributed by atoms with Gasteiger partial charge in [-0.2, -0.15) is 8.42 Å². The van der Waals surface area contributed by atoms with Crippen LogP contribution in [0.25, 0.3) is 0 Å². The number of likely N-dealkylation sites (tertiary alicyclic amines) is 1. The number of rotatable bonds is 8. The summed E-state index contributed by atoms with van der Waals surface area (Å²) < 4.78 is 34.2. The molecule has 1 fully saturated rings. The van der Waals surface area contributed by atoms with Gasteiger partial charge in [0.1, 0.15) is 5.25 Å². The third kappa shape index (κ3) is 4.89. The van der Waals surface area contributed by atoms with Crippen molar-refractivity contribution in [3.8, 4) is 0 Å². The number of carbonyl (C=O) groups excluding carboxylic acids is 1. The minimum atomic E-state index is -4.59. The Morgan fingerprint density at radius 2 is 1.83 bits per heavy atom. The first-order valence-corrected chi connectivity index (χ1v) is 7.81. The molecule has 18 heavy (non-hydrogen) atoms. The quantitative estimate of drug-likeness (QED) is 0.526.